The van der Waals surface area contributed by atoms with Crippen molar-refractivity contribution in [3.63, 3.8) is 0 Å². The molecule has 1 aromatic carbocycles. The van der Waals surface area contributed by atoms with Crippen LogP contribution < -0.4 is 0 Å². The van der Waals surface area contributed by atoms with E-state index in [-0.39, 0.29) is 17.4 Å². The Hall–Kier alpha value is -1.35. The van der Waals surface area contributed by atoms with Gasteiger partial charge in [-0.15, -0.1) is 0 Å². The average molecular weight is 329 g/mol. The first-order valence-electron chi connectivity index (χ1n) is 9.36. The van der Waals surface area contributed by atoms with Gasteiger partial charge >= 0.3 is 5.97 Å². The number of carbonyl (C=O) groups is 1. The summed E-state index contributed by atoms with van der Waals surface area (Å²) in [5.41, 5.74) is 4.64. The van der Waals surface area contributed by atoms with E-state index in [1.54, 1.807) is 0 Å². The van der Waals surface area contributed by atoms with Gasteiger partial charge in [-0.2, -0.15) is 0 Å². The summed E-state index contributed by atoms with van der Waals surface area (Å²) in [5, 5.41) is 0. The molecular formula is C21H31NO2. The van der Waals surface area contributed by atoms with Gasteiger partial charge in [0.05, 0.1) is 7.11 Å². The predicted octanol–water partition coefficient (Wildman–Crippen LogP) is 3.87. The molecule has 1 aliphatic carbocycles. The fourth-order valence-electron chi connectivity index (χ4n) is 4.30. The largest absolute Gasteiger partial charge is 0.468 e. The van der Waals surface area contributed by atoms with Crippen LogP contribution in [0.4, 0.5) is 0 Å². The zero-order chi connectivity index (χ0) is 17.3. The molecule has 0 aromatic heterocycles. The molecule has 2 atom stereocenters. The van der Waals surface area contributed by atoms with E-state index < -0.39 is 0 Å². The number of ether oxygens (including phenoxy) is 1. The van der Waals surface area contributed by atoms with Crippen LogP contribution >= 0.6 is 0 Å². The minimum Gasteiger partial charge on any atom is -0.468 e. The zero-order valence-electron chi connectivity index (χ0n) is 15.6. The third kappa shape index (κ3) is 3.51. The van der Waals surface area contributed by atoms with Crippen molar-refractivity contribution in [2.45, 2.75) is 76.8 Å². The lowest BCUT2D eigenvalue weighted by molar-refractivity contribution is -0.146. The van der Waals surface area contributed by atoms with E-state index in [4.69, 9.17) is 4.74 Å². The fourth-order valence-corrected chi connectivity index (χ4v) is 4.30. The molecule has 132 valence electrons. The fraction of sp³-hybridized carbons (Fsp3) is 0.667. The maximum atomic E-state index is 12.1. The molecule has 3 nitrogen and oxygen atoms in total. The van der Waals surface area contributed by atoms with Gasteiger partial charge in [0, 0.05) is 6.04 Å². The van der Waals surface area contributed by atoms with Crippen LogP contribution in [0.3, 0.4) is 0 Å². The number of benzene rings is 1. The molecule has 1 saturated heterocycles. The van der Waals surface area contributed by atoms with Crippen LogP contribution in [0, 0.1) is 0 Å². The van der Waals surface area contributed by atoms with Gasteiger partial charge in [-0.25, -0.2) is 0 Å². The Balaban J connectivity index is 1.75. The smallest absolute Gasteiger partial charge is 0.323 e. The van der Waals surface area contributed by atoms with Crippen molar-refractivity contribution in [1.82, 2.24) is 4.90 Å². The van der Waals surface area contributed by atoms with Crippen LogP contribution in [0.25, 0.3) is 0 Å². The van der Waals surface area contributed by atoms with Crippen LogP contribution in [-0.4, -0.2) is 36.6 Å². The molecule has 24 heavy (non-hydrogen) atoms. The first kappa shape index (κ1) is 17.5. The molecule has 0 bridgehead atoms. The summed E-state index contributed by atoms with van der Waals surface area (Å²) in [7, 11) is 1.51. The summed E-state index contributed by atoms with van der Waals surface area (Å²) >= 11 is 0. The summed E-state index contributed by atoms with van der Waals surface area (Å²) in [6.07, 6.45) is 6.59. The highest BCUT2D eigenvalue weighted by Crippen LogP contribution is 2.32. The normalized spacial score (nSPS) is 25.2. The molecular weight excluding hydrogens is 298 g/mol. The van der Waals surface area contributed by atoms with Crippen molar-refractivity contribution in [3.8, 4) is 0 Å². The Morgan fingerprint density at radius 3 is 2.50 bits per heavy atom. The quantitative estimate of drug-likeness (QED) is 0.609. The Morgan fingerprint density at radius 1 is 1.12 bits per heavy atom. The summed E-state index contributed by atoms with van der Waals surface area (Å²) < 4.78 is 5.02. The van der Waals surface area contributed by atoms with Crippen molar-refractivity contribution >= 4 is 5.97 Å². The van der Waals surface area contributed by atoms with E-state index in [9.17, 15) is 4.79 Å². The molecule has 1 heterocycles. The summed E-state index contributed by atoms with van der Waals surface area (Å²) in [4.78, 5) is 14.5. The van der Waals surface area contributed by atoms with Gasteiger partial charge in [-0.3, -0.25) is 9.69 Å². The van der Waals surface area contributed by atoms with Crippen LogP contribution in [0.5, 0.6) is 0 Å². The lowest BCUT2D eigenvalue weighted by atomic mass is 9.84. The Labute approximate surface area is 146 Å². The lowest BCUT2D eigenvalue weighted by Crippen LogP contribution is -2.43. The highest BCUT2D eigenvalue weighted by molar-refractivity contribution is 5.76. The number of nitrogens with zero attached hydrogens (tertiary/aromatic N) is 1. The molecule has 1 aromatic rings. The predicted molar refractivity (Wildman–Crippen MR) is 97.3 cm³/mol. The molecule has 3 heteroatoms. The van der Waals surface area contributed by atoms with Crippen molar-refractivity contribution < 1.29 is 9.53 Å². The number of methoxy groups -OCH3 is 1. The van der Waals surface area contributed by atoms with Crippen LogP contribution in [-0.2, 0) is 27.8 Å². The highest BCUT2D eigenvalue weighted by Gasteiger charge is 2.36. The summed E-state index contributed by atoms with van der Waals surface area (Å²) in [6, 6.07) is 7.53. The third-order valence-corrected chi connectivity index (χ3v) is 5.80. The minimum atomic E-state index is -0.0516. The molecule has 0 amide bonds. The van der Waals surface area contributed by atoms with E-state index >= 15 is 0 Å². The summed E-state index contributed by atoms with van der Waals surface area (Å²) in [6.45, 7) is 7.87. The van der Waals surface area contributed by atoms with Gasteiger partial charge in [0.15, 0.2) is 0 Å². The van der Waals surface area contributed by atoms with E-state index in [1.165, 1.54) is 23.8 Å². The van der Waals surface area contributed by atoms with E-state index in [1.807, 2.05) is 0 Å². The molecule has 1 unspecified atom stereocenters. The standard InChI is InChI=1S/C21H31NO2/c1-21(2,3)17-10-7-15-8-11-18(12-9-16(15)14-17)22-13-5-6-19(22)20(23)24-4/h7,10,14,18-19H,5-6,8-9,11-13H2,1-4H3/t18?,19-/m0/s1. The Bertz CT molecular complexity index is 602. The first-order valence-corrected chi connectivity index (χ1v) is 9.36. The van der Waals surface area contributed by atoms with Crippen LogP contribution in [0.2, 0.25) is 0 Å². The highest BCUT2D eigenvalue weighted by atomic mass is 16.5. The number of esters is 1. The second-order valence-electron chi connectivity index (χ2n) is 8.38. The second kappa shape index (κ2) is 6.87. The van der Waals surface area contributed by atoms with E-state index in [2.05, 4.69) is 43.9 Å². The summed E-state index contributed by atoms with van der Waals surface area (Å²) in [5.74, 6) is -0.0516. The Morgan fingerprint density at radius 2 is 1.83 bits per heavy atom. The average Bonchev–Trinajstić information content (AvgIpc) is 2.93. The molecule has 0 radical (unpaired) electrons. The maximum absolute atomic E-state index is 12.1. The molecule has 0 saturated carbocycles. The Kier molecular flexibility index (Phi) is 5.00. The van der Waals surface area contributed by atoms with Crippen LogP contribution in [0.1, 0.15) is 63.1 Å². The molecule has 0 N–H and O–H groups in total. The number of aryl methyl sites for hydroxylation is 2. The van der Waals surface area contributed by atoms with Gasteiger partial charge in [0.2, 0.25) is 0 Å². The number of hydrogen-bond donors (Lipinski definition) is 0. The third-order valence-electron chi connectivity index (χ3n) is 5.80. The van der Waals surface area contributed by atoms with Gasteiger partial charge in [0.25, 0.3) is 0 Å². The van der Waals surface area contributed by atoms with Gasteiger partial charge in [0.1, 0.15) is 6.04 Å². The minimum absolute atomic E-state index is 0.0219. The van der Waals surface area contributed by atoms with Crippen molar-refractivity contribution in [2.24, 2.45) is 0 Å². The van der Waals surface area contributed by atoms with E-state index in [0.29, 0.717) is 6.04 Å². The van der Waals surface area contributed by atoms with Gasteiger partial charge in [-0.1, -0.05) is 39.0 Å². The SMILES string of the molecule is COC(=O)[C@@H]1CCCN1C1CCc2ccc(C(C)(C)C)cc2CC1. The molecule has 1 fully saturated rings. The zero-order valence-corrected chi connectivity index (χ0v) is 15.6. The molecule has 1 aliphatic heterocycles. The molecule has 3 rings (SSSR count). The monoisotopic (exact) mass is 329 g/mol. The van der Waals surface area contributed by atoms with Crippen molar-refractivity contribution in [3.05, 3.63) is 34.9 Å². The van der Waals surface area contributed by atoms with Crippen molar-refractivity contribution in [1.29, 1.82) is 0 Å². The van der Waals surface area contributed by atoms with Crippen LogP contribution in [0.15, 0.2) is 18.2 Å². The number of likely N-dealkylation sites (tertiary alicyclic amines) is 1. The van der Waals surface area contributed by atoms with Gasteiger partial charge < -0.3 is 4.74 Å². The van der Waals surface area contributed by atoms with E-state index in [0.717, 1.165) is 45.1 Å². The number of hydrogen-bond acceptors (Lipinski definition) is 3. The maximum Gasteiger partial charge on any atom is 0.323 e. The first-order chi connectivity index (χ1) is 11.4. The topological polar surface area (TPSA) is 29.5 Å². The number of rotatable bonds is 2. The number of carbonyl (C=O) groups excluding carboxylic acids is 1. The lowest BCUT2D eigenvalue weighted by Gasteiger charge is -2.31. The molecule has 2 aliphatic rings. The number of fused-ring (bicyclic) bond motifs is 1. The molecule has 0 spiro atoms. The van der Waals surface area contributed by atoms with Crippen molar-refractivity contribution in [2.75, 3.05) is 13.7 Å². The second-order valence-corrected chi connectivity index (χ2v) is 8.38. The van der Waals surface area contributed by atoms with Gasteiger partial charge in [-0.05, 0) is 67.2 Å².